The maximum atomic E-state index is 13.7. The van der Waals surface area contributed by atoms with Gasteiger partial charge in [0.1, 0.15) is 17.0 Å². The first-order valence-electron chi connectivity index (χ1n) is 9.81. The van der Waals surface area contributed by atoms with Crippen LogP contribution in [0.4, 0.5) is 24.1 Å². The molecule has 14 heteroatoms. The number of alkyl halides is 3. The van der Waals surface area contributed by atoms with E-state index in [2.05, 4.69) is 24.4 Å². The summed E-state index contributed by atoms with van der Waals surface area (Å²) in [5, 5.41) is 2.64. The van der Waals surface area contributed by atoms with Gasteiger partial charge in [-0.3, -0.25) is 4.72 Å². The summed E-state index contributed by atoms with van der Waals surface area (Å²) in [6.07, 6.45) is -1.45. The number of rotatable bonds is 11. The molecule has 2 heterocycles. The van der Waals surface area contributed by atoms with Crippen LogP contribution in [0.5, 0.6) is 0 Å². The molecule has 0 aliphatic heterocycles. The molecular formula is C18H28F3N7O2S2. The van der Waals surface area contributed by atoms with Gasteiger partial charge in [0.25, 0.3) is 10.0 Å². The van der Waals surface area contributed by atoms with Crippen LogP contribution in [0.2, 0.25) is 0 Å². The van der Waals surface area contributed by atoms with Crippen molar-refractivity contribution in [2.45, 2.75) is 50.7 Å². The van der Waals surface area contributed by atoms with E-state index in [-0.39, 0.29) is 29.1 Å². The molecule has 180 valence electrons. The summed E-state index contributed by atoms with van der Waals surface area (Å²) in [5.74, 6) is -0.614. The molecular weight excluding hydrogens is 467 g/mol. The van der Waals surface area contributed by atoms with Gasteiger partial charge in [-0.05, 0) is 43.7 Å². The van der Waals surface area contributed by atoms with E-state index in [4.69, 9.17) is 11.5 Å². The summed E-state index contributed by atoms with van der Waals surface area (Å²) in [6.45, 7) is 6.47. The van der Waals surface area contributed by atoms with E-state index in [1.54, 1.807) is 6.92 Å². The molecule has 0 radical (unpaired) electrons. The first-order valence-corrected chi connectivity index (χ1v) is 12.1. The normalized spacial score (nSPS) is 14.8. The van der Waals surface area contributed by atoms with E-state index >= 15 is 0 Å². The van der Waals surface area contributed by atoms with Crippen molar-refractivity contribution in [1.82, 2.24) is 14.3 Å². The number of nitrogens with zero attached hydrogens (tertiary/aromatic N) is 3. The molecule has 2 rings (SSSR count). The van der Waals surface area contributed by atoms with Crippen molar-refractivity contribution in [2.24, 2.45) is 22.8 Å². The van der Waals surface area contributed by atoms with Crippen LogP contribution < -0.4 is 21.5 Å². The van der Waals surface area contributed by atoms with Crippen LogP contribution in [0.1, 0.15) is 39.2 Å². The maximum Gasteiger partial charge on any atom is 0.419 e. The highest BCUT2D eigenvalue weighted by molar-refractivity contribution is 7.93. The molecule has 0 saturated heterocycles. The highest BCUT2D eigenvalue weighted by atomic mass is 32.2. The molecule has 32 heavy (non-hydrogen) atoms. The average molecular weight is 496 g/mol. The number of aromatic nitrogens is 3. The first-order chi connectivity index (χ1) is 14.7. The van der Waals surface area contributed by atoms with Crippen molar-refractivity contribution in [2.75, 3.05) is 23.1 Å². The minimum Gasteiger partial charge on any atom is -0.369 e. The Morgan fingerprint density at radius 3 is 2.47 bits per heavy atom. The Labute approximate surface area is 189 Å². The molecule has 2 atom stereocenters. The van der Waals surface area contributed by atoms with Gasteiger partial charge in [0, 0.05) is 30.3 Å². The van der Waals surface area contributed by atoms with Crippen molar-refractivity contribution in [1.29, 1.82) is 0 Å². The van der Waals surface area contributed by atoms with Gasteiger partial charge in [-0.15, -0.1) is 0 Å². The number of pyridine rings is 1. The van der Waals surface area contributed by atoms with Crippen LogP contribution in [0.15, 0.2) is 23.5 Å². The molecule has 0 aliphatic carbocycles. The average Bonchev–Trinajstić information content (AvgIpc) is 3.16. The van der Waals surface area contributed by atoms with Crippen molar-refractivity contribution < 1.29 is 21.6 Å². The zero-order chi connectivity index (χ0) is 24.2. The van der Waals surface area contributed by atoms with E-state index < -0.39 is 32.5 Å². The monoisotopic (exact) mass is 495 g/mol. The van der Waals surface area contributed by atoms with Crippen molar-refractivity contribution >= 4 is 32.5 Å². The number of hydrogen-bond acceptors (Lipinski definition) is 9. The van der Waals surface area contributed by atoms with Gasteiger partial charge in [0.15, 0.2) is 0 Å². The van der Waals surface area contributed by atoms with E-state index in [9.17, 15) is 21.6 Å². The van der Waals surface area contributed by atoms with Gasteiger partial charge >= 0.3 is 6.18 Å². The van der Waals surface area contributed by atoms with Crippen molar-refractivity contribution in [3.8, 4) is 0 Å². The molecule has 6 N–H and O–H groups in total. The van der Waals surface area contributed by atoms with E-state index in [0.717, 1.165) is 30.5 Å². The van der Waals surface area contributed by atoms with Gasteiger partial charge in [0.05, 0.1) is 5.56 Å². The lowest BCUT2D eigenvalue weighted by atomic mass is 9.78. The third kappa shape index (κ3) is 7.25. The van der Waals surface area contributed by atoms with Crippen LogP contribution in [0.25, 0.3) is 0 Å². The van der Waals surface area contributed by atoms with E-state index in [1.165, 1.54) is 0 Å². The zero-order valence-corrected chi connectivity index (χ0v) is 19.6. The second-order valence-corrected chi connectivity index (χ2v) is 10.8. The van der Waals surface area contributed by atoms with Crippen LogP contribution in [-0.2, 0) is 16.2 Å². The lowest BCUT2D eigenvalue weighted by molar-refractivity contribution is -0.137. The minimum absolute atomic E-state index is 0.0689. The Balaban J connectivity index is 2.27. The molecule has 0 amide bonds. The molecule has 9 nitrogen and oxygen atoms in total. The summed E-state index contributed by atoms with van der Waals surface area (Å²) >= 11 is 0.753. The molecule has 0 aromatic carbocycles. The molecule has 2 unspecified atom stereocenters. The largest absolute Gasteiger partial charge is 0.419 e. The molecule has 0 spiro atoms. The molecule has 0 saturated carbocycles. The Hall–Kier alpha value is -2.03. The summed E-state index contributed by atoms with van der Waals surface area (Å²) in [5.41, 5.74) is 10.4. The van der Waals surface area contributed by atoms with E-state index in [1.807, 2.05) is 13.8 Å². The van der Waals surface area contributed by atoms with Gasteiger partial charge in [-0.2, -0.15) is 17.5 Å². The van der Waals surface area contributed by atoms with Crippen LogP contribution in [0.3, 0.4) is 0 Å². The predicted octanol–water partition coefficient (Wildman–Crippen LogP) is 2.89. The van der Waals surface area contributed by atoms with Crippen molar-refractivity contribution in [3.63, 3.8) is 0 Å². The Morgan fingerprint density at radius 1 is 1.25 bits per heavy atom. The number of nitrogens with one attached hydrogen (secondary N) is 2. The predicted molar refractivity (Wildman–Crippen MR) is 118 cm³/mol. The number of halogens is 3. The number of sulfonamides is 1. The second-order valence-electron chi connectivity index (χ2n) is 8.32. The second kappa shape index (κ2) is 10.3. The minimum atomic E-state index is -4.83. The third-order valence-corrected chi connectivity index (χ3v) is 6.99. The molecule has 2 aromatic rings. The lowest BCUT2D eigenvalue weighted by Crippen LogP contribution is -2.36. The number of anilines is 2. The Bertz CT molecular complexity index is 981. The quantitative estimate of drug-likeness (QED) is 0.372. The fraction of sp³-hybridized carbons (Fsp3) is 0.611. The van der Waals surface area contributed by atoms with Crippen LogP contribution >= 0.6 is 11.5 Å². The van der Waals surface area contributed by atoms with E-state index in [0.29, 0.717) is 19.0 Å². The van der Waals surface area contributed by atoms with Crippen molar-refractivity contribution in [3.05, 3.63) is 24.2 Å². The Kier molecular flexibility index (Phi) is 8.42. The highest BCUT2D eigenvalue weighted by Gasteiger charge is 2.36. The standard InChI is InChI=1S/C18H28F3N7O2S2/c1-11(23)12(7-17(2,3)4-5-22)8-24-15-14(18(19,20)21)6-13(9-25-15)32(29,30)28-16-26-10-27-31-16/h6,9-12H,4-5,7-8,22-23H2,1-3H3,(H,24,25)(H,26,27,28). The molecule has 0 fully saturated rings. The summed E-state index contributed by atoms with van der Waals surface area (Å²) in [6, 6.07) is 0.252. The fourth-order valence-electron chi connectivity index (χ4n) is 3.22. The van der Waals surface area contributed by atoms with Crippen LogP contribution in [-0.4, -0.2) is 41.9 Å². The zero-order valence-electron chi connectivity index (χ0n) is 18.0. The third-order valence-electron chi connectivity index (χ3n) is 4.97. The van der Waals surface area contributed by atoms with Gasteiger partial charge in [-0.25, -0.2) is 18.4 Å². The maximum absolute atomic E-state index is 13.7. The van der Waals surface area contributed by atoms with Crippen LogP contribution in [0, 0.1) is 11.3 Å². The summed E-state index contributed by atoms with van der Waals surface area (Å²) in [7, 11) is -4.32. The molecule has 0 bridgehead atoms. The highest BCUT2D eigenvalue weighted by Crippen LogP contribution is 2.36. The first kappa shape index (κ1) is 26.2. The van der Waals surface area contributed by atoms with Gasteiger partial charge < -0.3 is 16.8 Å². The topological polar surface area (TPSA) is 149 Å². The molecule has 0 aliphatic rings. The van der Waals surface area contributed by atoms with Gasteiger partial charge in [-0.1, -0.05) is 13.8 Å². The molecule has 2 aromatic heterocycles. The Morgan fingerprint density at radius 2 is 1.94 bits per heavy atom. The number of nitrogens with two attached hydrogens (primary N) is 2. The lowest BCUT2D eigenvalue weighted by Gasteiger charge is -2.32. The fourth-order valence-corrected chi connectivity index (χ4v) is 4.85. The van der Waals surface area contributed by atoms with Gasteiger partial charge in [0.2, 0.25) is 5.13 Å². The summed E-state index contributed by atoms with van der Waals surface area (Å²) in [4.78, 5) is 6.79. The smallest absolute Gasteiger partial charge is 0.369 e. The summed E-state index contributed by atoms with van der Waals surface area (Å²) < 4.78 is 71.7. The number of hydrogen-bond donors (Lipinski definition) is 4. The SMILES string of the molecule is CC(N)C(CNc1ncc(S(=O)(=O)Nc2ncns2)cc1C(F)(F)F)CC(C)(C)CCN.